The van der Waals surface area contributed by atoms with Gasteiger partial charge in [-0.2, -0.15) is 13.2 Å². The lowest BCUT2D eigenvalue weighted by molar-refractivity contribution is -0.137. The molecule has 0 spiro atoms. The van der Waals surface area contributed by atoms with Crippen molar-refractivity contribution in [2.75, 3.05) is 0 Å². The zero-order valence-corrected chi connectivity index (χ0v) is 8.25. The van der Waals surface area contributed by atoms with E-state index in [0.717, 1.165) is 23.5 Å². The number of nitrogens with one attached hydrogen (secondary N) is 1. The van der Waals surface area contributed by atoms with E-state index in [1.54, 1.807) is 12.4 Å². The molecule has 0 radical (unpaired) electrons. The molecule has 16 heavy (non-hydrogen) atoms. The molecule has 0 unspecified atom stereocenters. The molecule has 2 nitrogen and oxygen atoms in total. The van der Waals surface area contributed by atoms with E-state index in [1.807, 2.05) is 0 Å². The minimum Gasteiger partial charge on any atom is -0.348 e. The van der Waals surface area contributed by atoms with E-state index >= 15 is 0 Å². The van der Waals surface area contributed by atoms with Crippen molar-refractivity contribution in [2.45, 2.75) is 12.6 Å². The van der Waals surface area contributed by atoms with Crippen molar-refractivity contribution in [3.63, 3.8) is 0 Å². The van der Waals surface area contributed by atoms with Crippen molar-refractivity contribution < 1.29 is 13.2 Å². The third-order valence-electron chi connectivity index (χ3n) is 2.21. The van der Waals surface area contributed by atoms with Gasteiger partial charge in [-0.05, 0) is 17.7 Å². The molecule has 0 aliphatic rings. The van der Waals surface area contributed by atoms with Gasteiger partial charge in [0.1, 0.15) is 5.82 Å². The van der Waals surface area contributed by atoms with Crippen LogP contribution in [0.2, 0.25) is 0 Å². The maximum absolute atomic E-state index is 12.3. The van der Waals surface area contributed by atoms with Gasteiger partial charge < -0.3 is 4.98 Å². The van der Waals surface area contributed by atoms with Crippen molar-refractivity contribution in [2.24, 2.45) is 0 Å². The Hall–Kier alpha value is -1.78. The molecule has 2 rings (SSSR count). The van der Waals surface area contributed by atoms with E-state index < -0.39 is 11.7 Å². The van der Waals surface area contributed by atoms with Crippen molar-refractivity contribution in [3.05, 3.63) is 53.6 Å². The third-order valence-corrected chi connectivity index (χ3v) is 2.21. The molecule has 1 aromatic heterocycles. The first kappa shape index (κ1) is 10.7. The summed E-state index contributed by atoms with van der Waals surface area (Å²) in [6, 6.07) is 5.09. The first-order chi connectivity index (χ1) is 7.55. The quantitative estimate of drug-likeness (QED) is 0.837. The standard InChI is InChI=1S/C11H9F3N2/c12-11(13,14)9-3-1-8(2-4-9)7-10-15-5-6-16-10/h1-6H,7H2,(H,15,16). The third kappa shape index (κ3) is 2.42. The number of nitrogens with zero attached hydrogens (tertiary/aromatic N) is 1. The summed E-state index contributed by atoms with van der Waals surface area (Å²) in [5.74, 6) is 0.736. The van der Waals surface area contributed by atoms with Crippen molar-refractivity contribution in [1.29, 1.82) is 0 Å². The van der Waals surface area contributed by atoms with Gasteiger partial charge in [-0.15, -0.1) is 0 Å². The number of hydrogen-bond donors (Lipinski definition) is 1. The zero-order valence-electron chi connectivity index (χ0n) is 8.25. The number of halogens is 3. The Labute approximate surface area is 90.1 Å². The van der Waals surface area contributed by atoms with Crippen LogP contribution >= 0.6 is 0 Å². The van der Waals surface area contributed by atoms with Gasteiger partial charge in [0, 0.05) is 18.8 Å². The molecule has 1 heterocycles. The molecule has 0 fully saturated rings. The summed E-state index contributed by atoms with van der Waals surface area (Å²) in [6.45, 7) is 0. The maximum Gasteiger partial charge on any atom is 0.416 e. The van der Waals surface area contributed by atoms with Crippen LogP contribution in [0.25, 0.3) is 0 Å². The van der Waals surface area contributed by atoms with Gasteiger partial charge in [0.25, 0.3) is 0 Å². The largest absolute Gasteiger partial charge is 0.416 e. The number of rotatable bonds is 2. The molecule has 84 valence electrons. The van der Waals surface area contributed by atoms with Gasteiger partial charge in [-0.25, -0.2) is 4.98 Å². The Morgan fingerprint density at radius 3 is 2.31 bits per heavy atom. The normalized spacial score (nSPS) is 11.7. The number of hydrogen-bond acceptors (Lipinski definition) is 1. The van der Waals surface area contributed by atoms with Gasteiger partial charge >= 0.3 is 6.18 Å². The van der Waals surface area contributed by atoms with E-state index in [9.17, 15) is 13.2 Å². The highest BCUT2D eigenvalue weighted by Crippen LogP contribution is 2.29. The monoisotopic (exact) mass is 226 g/mol. The molecule has 0 aliphatic heterocycles. The lowest BCUT2D eigenvalue weighted by atomic mass is 10.1. The smallest absolute Gasteiger partial charge is 0.348 e. The average molecular weight is 226 g/mol. The highest BCUT2D eigenvalue weighted by molar-refractivity contribution is 5.26. The number of benzene rings is 1. The fourth-order valence-electron chi connectivity index (χ4n) is 1.40. The van der Waals surface area contributed by atoms with E-state index in [2.05, 4.69) is 9.97 Å². The predicted molar refractivity (Wildman–Crippen MR) is 52.8 cm³/mol. The summed E-state index contributed by atoms with van der Waals surface area (Å²) >= 11 is 0. The van der Waals surface area contributed by atoms with Crippen molar-refractivity contribution >= 4 is 0 Å². The Morgan fingerprint density at radius 2 is 1.81 bits per heavy atom. The summed E-state index contributed by atoms with van der Waals surface area (Å²) in [5.41, 5.74) is 0.165. The molecular formula is C11H9F3N2. The van der Waals surface area contributed by atoms with Crippen molar-refractivity contribution in [1.82, 2.24) is 9.97 Å². The average Bonchev–Trinajstić information content (AvgIpc) is 2.70. The summed E-state index contributed by atoms with van der Waals surface area (Å²) in [4.78, 5) is 6.90. The Morgan fingerprint density at radius 1 is 1.12 bits per heavy atom. The molecule has 2 aromatic rings. The van der Waals surface area contributed by atoms with Crippen LogP contribution in [0.4, 0.5) is 13.2 Å². The predicted octanol–water partition coefficient (Wildman–Crippen LogP) is 3.02. The van der Waals surface area contributed by atoms with E-state index in [0.29, 0.717) is 6.42 Å². The van der Waals surface area contributed by atoms with Gasteiger partial charge in [-0.1, -0.05) is 12.1 Å². The Kier molecular flexibility index (Phi) is 2.68. The fraction of sp³-hybridized carbons (Fsp3) is 0.182. The molecule has 0 saturated heterocycles. The van der Waals surface area contributed by atoms with Crippen LogP contribution in [0.3, 0.4) is 0 Å². The highest BCUT2D eigenvalue weighted by Gasteiger charge is 2.29. The fourth-order valence-corrected chi connectivity index (χ4v) is 1.40. The van der Waals surface area contributed by atoms with Gasteiger partial charge in [0.2, 0.25) is 0 Å². The van der Waals surface area contributed by atoms with Crippen LogP contribution < -0.4 is 0 Å². The summed E-state index contributed by atoms with van der Waals surface area (Å²) in [5, 5.41) is 0. The van der Waals surface area contributed by atoms with Crippen LogP contribution in [0, 0.1) is 0 Å². The van der Waals surface area contributed by atoms with E-state index in [-0.39, 0.29) is 0 Å². The van der Waals surface area contributed by atoms with Crippen LogP contribution in [-0.2, 0) is 12.6 Å². The molecule has 0 aliphatic carbocycles. The van der Waals surface area contributed by atoms with Gasteiger partial charge in [0.05, 0.1) is 5.56 Å². The molecule has 0 amide bonds. The minimum absolute atomic E-state index is 0.505. The second-order valence-corrected chi connectivity index (χ2v) is 3.41. The Balaban J connectivity index is 2.14. The van der Waals surface area contributed by atoms with Crippen LogP contribution in [0.5, 0.6) is 0 Å². The summed E-state index contributed by atoms with van der Waals surface area (Å²) < 4.78 is 36.8. The minimum atomic E-state index is -4.27. The first-order valence-corrected chi connectivity index (χ1v) is 4.70. The lowest BCUT2D eigenvalue weighted by Gasteiger charge is -2.06. The molecule has 1 N–H and O–H groups in total. The number of alkyl halides is 3. The molecule has 0 atom stereocenters. The van der Waals surface area contributed by atoms with Crippen LogP contribution in [0.1, 0.15) is 17.0 Å². The summed E-state index contributed by atoms with van der Waals surface area (Å²) in [7, 11) is 0. The SMILES string of the molecule is FC(F)(F)c1ccc(Cc2ncc[nH]2)cc1. The van der Waals surface area contributed by atoms with E-state index in [4.69, 9.17) is 0 Å². The number of imidazole rings is 1. The summed E-state index contributed by atoms with van der Waals surface area (Å²) in [6.07, 6.45) is -0.479. The molecule has 5 heteroatoms. The molecule has 0 bridgehead atoms. The second-order valence-electron chi connectivity index (χ2n) is 3.41. The molecule has 1 aromatic carbocycles. The maximum atomic E-state index is 12.3. The van der Waals surface area contributed by atoms with Gasteiger partial charge in [0.15, 0.2) is 0 Å². The first-order valence-electron chi connectivity index (χ1n) is 4.70. The molecule has 0 saturated carbocycles. The topological polar surface area (TPSA) is 28.7 Å². The zero-order chi connectivity index (χ0) is 11.6. The van der Waals surface area contributed by atoms with E-state index in [1.165, 1.54) is 12.1 Å². The van der Waals surface area contributed by atoms with Gasteiger partial charge in [-0.3, -0.25) is 0 Å². The van der Waals surface area contributed by atoms with Crippen LogP contribution in [0.15, 0.2) is 36.7 Å². The second kappa shape index (κ2) is 4.00. The number of aromatic amines is 1. The van der Waals surface area contributed by atoms with Crippen molar-refractivity contribution in [3.8, 4) is 0 Å². The lowest BCUT2D eigenvalue weighted by Crippen LogP contribution is -2.04. The number of aromatic nitrogens is 2. The molecular weight excluding hydrogens is 217 g/mol. The number of H-pyrrole nitrogens is 1. The highest BCUT2D eigenvalue weighted by atomic mass is 19.4. The van der Waals surface area contributed by atoms with Crippen LogP contribution in [-0.4, -0.2) is 9.97 Å². The Bertz CT molecular complexity index is 443.